The maximum absolute atomic E-state index is 11.1. The van der Waals surface area contributed by atoms with Crippen LogP contribution in [0.15, 0.2) is 12.3 Å². The van der Waals surface area contributed by atoms with Crippen LogP contribution in [0.25, 0.3) is 0 Å². The van der Waals surface area contributed by atoms with Gasteiger partial charge in [-0.3, -0.25) is 4.79 Å². The van der Waals surface area contributed by atoms with Gasteiger partial charge in [0, 0.05) is 33.3 Å². The summed E-state index contributed by atoms with van der Waals surface area (Å²) in [7, 11) is 3.50. The van der Waals surface area contributed by atoms with Crippen LogP contribution in [0.5, 0.6) is 0 Å². The fraction of sp³-hybridized carbons (Fsp3) is 0.455. The Hall–Kier alpha value is -1.78. The normalized spacial score (nSPS) is 9.94. The van der Waals surface area contributed by atoms with Gasteiger partial charge in [0.25, 0.3) is 0 Å². The van der Waals surface area contributed by atoms with Gasteiger partial charge < -0.3 is 16.0 Å². The number of anilines is 2. The summed E-state index contributed by atoms with van der Waals surface area (Å²) < 4.78 is 0. The van der Waals surface area contributed by atoms with E-state index < -0.39 is 0 Å². The highest BCUT2D eigenvalue weighted by Gasteiger charge is 2.08. The van der Waals surface area contributed by atoms with Gasteiger partial charge in [-0.05, 0) is 18.6 Å². The summed E-state index contributed by atoms with van der Waals surface area (Å²) in [6.45, 7) is 2.54. The Kier molecular flexibility index (Phi) is 4.10. The Balaban J connectivity index is 2.65. The van der Waals surface area contributed by atoms with Crippen molar-refractivity contribution in [2.75, 3.05) is 31.3 Å². The summed E-state index contributed by atoms with van der Waals surface area (Å²) in [4.78, 5) is 17.2. The minimum Gasteiger partial charge on any atom is -0.396 e. The molecule has 0 aliphatic heterocycles. The Morgan fingerprint density at radius 2 is 2.31 bits per heavy atom. The predicted molar refractivity (Wildman–Crippen MR) is 65.3 cm³/mol. The zero-order valence-electron chi connectivity index (χ0n) is 9.95. The molecule has 0 spiro atoms. The molecule has 0 aliphatic rings. The molecule has 5 heteroatoms. The standard InChI is InChI=1S/C11H18N4O/c1-8-6-9(12)11(14-7-8)15(3)5-4-10(16)13-2/h6-7H,4-5,12H2,1-3H3,(H,13,16). The number of aromatic nitrogens is 1. The van der Waals surface area contributed by atoms with E-state index in [2.05, 4.69) is 10.3 Å². The molecule has 0 atom stereocenters. The number of hydrogen-bond donors (Lipinski definition) is 2. The average molecular weight is 222 g/mol. The van der Waals surface area contributed by atoms with Crippen molar-refractivity contribution in [3.8, 4) is 0 Å². The fourth-order valence-corrected chi connectivity index (χ4v) is 1.40. The van der Waals surface area contributed by atoms with Crippen LogP contribution in [0, 0.1) is 6.92 Å². The summed E-state index contributed by atoms with van der Waals surface area (Å²) in [5.41, 5.74) is 7.52. The summed E-state index contributed by atoms with van der Waals surface area (Å²) in [6.07, 6.45) is 2.20. The zero-order valence-corrected chi connectivity index (χ0v) is 9.95. The second kappa shape index (κ2) is 5.34. The van der Waals surface area contributed by atoms with Gasteiger partial charge in [-0.25, -0.2) is 4.98 Å². The van der Waals surface area contributed by atoms with E-state index in [4.69, 9.17) is 5.73 Å². The first-order chi connectivity index (χ1) is 7.54. The number of rotatable bonds is 4. The van der Waals surface area contributed by atoms with Crippen molar-refractivity contribution >= 4 is 17.4 Å². The highest BCUT2D eigenvalue weighted by molar-refractivity contribution is 5.76. The molecule has 0 saturated heterocycles. The van der Waals surface area contributed by atoms with E-state index in [1.807, 2.05) is 24.9 Å². The quantitative estimate of drug-likeness (QED) is 0.780. The maximum Gasteiger partial charge on any atom is 0.221 e. The maximum atomic E-state index is 11.1. The molecule has 0 bridgehead atoms. The summed E-state index contributed by atoms with van der Waals surface area (Å²) >= 11 is 0. The second-order valence-electron chi connectivity index (χ2n) is 3.77. The van der Waals surface area contributed by atoms with Crippen LogP contribution in [0.4, 0.5) is 11.5 Å². The van der Waals surface area contributed by atoms with E-state index in [0.29, 0.717) is 18.7 Å². The van der Waals surface area contributed by atoms with Gasteiger partial charge in [-0.1, -0.05) is 0 Å². The molecule has 88 valence electrons. The fourth-order valence-electron chi connectivity index (χ4n) is 1.40. The van der Waals surface area contributed by atoms with Crippen LogP contribution in [0.2, 0.25) is 0 Å². The minimum atomic E-state index is 0.0116. The first-order valence-electron chi connectivity index (χ1n) is 5.18. The minimum absolute atomic E-state index is 0.0116. The number of nitrogen functional groups attached to an aromatic ring is 1. The number of carbonyl (C=O) groups excluding carboxylic acids is 1. The number of amides is 1. The second-order valence-corrected chi connectivity index (χ2v) is 3.77. The van der Waals surface area contributed by atoms with E-state index in [9.17, 15) is 4.79 Å². The van der Waals surface area contributed by atoms with Crippen molar-refractivity contribution in [2.45, 2.75) is 13.3 Å². The Labute approximate surface area is 95.7 Å². The lowest BCUT2D eigenvalue weighted by Gasteiger charge is -2.19. The molecule has 0 aliphatic carbocycles. The van der Waals surface area contributed by atoms with E-state index in [0.717, 1.165) is 11.4 Å². The van der Waals surface area contributed by atoms with Crippen LogP contribution >= 0.6 is 0 Å². The Morgan fingerprint density at radius 3 is 2.88 bits per heavy atom. The van der Waals surface area contributed by atoms with Crippen molar-refractivity contribution in [1.82, 2.24) is 10.3 Å². The van der Waals surface area contributed by atoms with Crippen LogP contribution < -0.4 is 16.0 Å². The number of pyridine rings is 1. The summed E-state index contributed by atoms with van der Waals surface area (Å²) in [5, 5.41) is 2.58. The van der Waals surface area contributed by atoms with Gasteiger partial charge in [0.2, 0.25) is 5.91 Å². The third-order valence-electron chi connectivity index (χ3n) is 2.35. The van der Waals surface area contributed by atoms with Crippen LogP contribution in [-0.2, 0) is 4.79 Å². The molecule has 0 unspecified atom stereocenters. The lowest BCUT2D eigenvalue weighted by atomic mass is 10.2. The van der Waals surface area contributed by atoms with Gasteiger partial charge in [0.1, 0.15) is 0 Å². The van der Waals surface area contributed by atoms with Crippen LogP contribution in [0.3, 0.4) is 0 Å². The molecule has 0 radical (unpaired) electrons. The van der Waals surface area contributed by atoms with Gasteiger partial charge in [0.05, 0.1) is 5.69 Å². The van der Waals surface area contributed by atoms with Gasteiger partial charge >= 0.3 is 0 Å². The SMILES string of the molecule is CNC(=O)CCN(C)c1ncc(C)cc1N. The number of hydrogen-bond acceptors (Lipinski definition) is 4. The number of nitrogens with two attached hydrogens (primary N) is 1. The largest absolute Gasteiger partial charge is 0.396 e. The third kappa shape index (κ3) is 3.12. The average Bonchev–Trinajstić information content (AvgIpc) is 2.25. The van der Waals surface area contributed by atoms with Crippen molar-refractivity contribution in [3.05, 3.63) is 17.8 Å². The van der Waals surface area contributed by atoms with E-state index >= 15 is 0 Å². The molecule has 3 N–H and O–H groups in total. The number of aryl methyl sites for hydroxylation is 1. The smallest absolute Gasteiger partial charge is 0.221 e. The van der Waals surface area contributed by atoms with Gasteiger partial charge in [0.15, 0.2) is 5.82 Å². The van der Waals surface area contributed by atoms with Crippen molar-refractivity contribution < 1.29 is 4.79 Å². The van der Waals surface area contributed by atoms with Crippen molar-refractivity contribution in [3.63, 3.8) is 0 Å². The molecule has 0 aromatic carbocycles. The molecular weight excluding hydrogens is 204 g/mol. The monoisotopic (exact) mass is 222 g/mol. The zero-order chi connectivity index (χ0) is 12.1. The molecule has 1 aromatic heterocycles. The Morgan fingerprint density at radius 1 is 1.62 bits per heavy atom. The molecule has 1 rings (SSSR count). The first-order valence-corrected chi connectivity index (χ1v) is 5.18. The van der Waals surface area contributed by atoms with Crippen molar-refractivity contribution in [1.29, 1.82) is 0 Å². The lowest BCUT2D eigenvalue weighted by molar-refractivity contribution is -0.120. The first kappa shape index (κ1) is 12.3. The molecule has 5 nitrogen and oxygen atoms in total. The molecule has 0 fully saturated rings. The summed E-state index contributed by atoms with van der Waals surface area (Å²) in [5.74, 6) is 0.729. The van der Waals surface area contributed by atoms with Gasteiger partial charge in [-0.2, -0.15) is 0 Å². The number of nitrogens with one attached hydrogen (secondary N) is 1. The third-order valence-corrected chi connectivity index (χ3v) is 2.35. The van der Waals surface area contributed by atoms with Gasteiger partial charge in [-0.15, -0.1) is 0 Å². The predicted octanol–water partition coefficient (Wildman–Crippen LogP) is 0.545. The van der Waals surface area contributed by atoms with Crippen LogP contribution in [-0.4, -0.2) is 31.5 Å². The summed E-state index contributed by atoms with van der Waals surface area (Å²) in [6, 6.07) is 1.87. The van der Waals surface area contributed by atoms with Crippen molar-refractivity contribution in [2.24, 2.45) is 0 Å². The number of carbonyl (C=O) groups is 1. The Bertz CT molecular complexity index is 378. The van der Waals surface area contributed by atoms with E-state index in [1.165, 1.54) is 0 Å². The molecule has 1 heterocycles. The topological polar surface area (TPSA) is 71.2 Å². The molecule has 1 amide bonds. The van der Waals surface area contributed by atoms with Crippen LogP contribution in [0.1, 0.15) is 12.0 Å². The van der Waals surface area contributed by atoms with E-state index in [-0.39, 0.29) is 5.91 Å². The lowest BCUT2D eigenvalue weighted by Crippen LogP contribution is -2.27. The molecule has 16 heavy (non-hydrogen) atoms. The van der Waals surface area contributed by atoms with E-state index in [1.54, 1.807) is 13.2 Å². The highest BCUT2D eigenvalue weighted by atomic mass is 16.1. The molecule has 0 saturated carbocycles. The molecular formula is C11H18N4O. The molecule has 1 aromatic rings. The number of nitrogens with zero attached hydrogens (tertiary/aromatic N) is 2. The highest BCUT2D eigenvalue weighted by Crippen LogP contribution is 2.19.